The van der Waals surface area contributed by atoms with Gasteiger partial charge in [-0.25, -0.2) is 4.39 Å². The van der Waals surface area contributed by atoms with Crippen LogP contribution in [0.25, 0.3) is 0 Å². The fourth-order valence-corrected chi connectivity index (χ4v) is 3.24. The molecule has 104 valence electrons. The molecular formula is C13H12FN3OS2. The van der Waals surface area contributed by atoms with Crippen molar-refractivity contribution in [3.63, 3.8) is 0 Å². The third-order valence-corrected chi connectivity index (χ3v) is 4.81. The molecule has 1 fully saturated rings. The van der Waals surface area contributed by atoms with Crippen LogP contribution in [-0.4, -0.2) is 21.9 Å². The van der Waals surface area contributed by atoms with Gasteiger partial charge in [-0.1, -0.05) is 11.3 Å². The molecule has 3 rings (SSSR count). The van der Waals surface area contributed by atoms with Crippen molar-refractivity contribution < 1.29 is 9.18 Å². The van der Waals surface area contributed by atoms with Crippen molar-refractivity contribution >= 4 is 34.1 Å². The van der Waals surface area contributed by atoms with Gasteiger partial charge in [-0.2, -0.15) is 0 Å². The maximum absolute atomic E-state index is 12.7. The quantitative estimate of drug-likeness (QED) is 0.861. The average Bonchev–Trinajstić information content (AvgIpc) is 3.19. The van der Waals surface area contributed by atoms with Gasteiger partial charge in [-0.15, -0.1) is 22.0 Å². The number of benzene rings is 1. The van der Waals surface area contributed by atoms with E-state index in [9.17, 15) is 9.18 Å². The van der Waals surface area contributed by atoms with Crippen molar-refractivity contribution in [3.8, 4) is 0 Å². The van der Waals surface area contributed by atoms with Gasteiger partial charge in [0.2, 0.25) is 11.0 Å². The number of nitrogens with zero attached hydrogens (tertiary/aromatic N) is 2. The van der Waals surface area contributed by atoms with Gasteiger partial charge in [-0.3, -0.25) is 10.1 Å². The molecule has 0 spiro atoms. The lowest BCUT2D eigenvalue weighted by Crippen LogP contribution is -2.13. The lowest BCUT2D eigenvalue weighted by molar-refractivity contribution is -0.113. The Kier molecular flexibility index (Phi) is 3.98. The number of hydrogen-bond acceptors (Lipinski definition) is 5. The number of carbonyl (C=O) groups is 1. The number of rotatable bonds is 5. The highest BCUT2D eigenvalue weighted by molar-refractivity contribution is 8.00. The van der Waals surface area contributed by atoms with Crippen molar-refractivity contribution in [2.45, 2.75) is 23.7 Å². The summed E-state index contributed by atoms with van der Waals surface area (Å²) in [5.74, 6) is 0.411. The molecule has 1 aromatic heterocycles. The number of aromatic nitrogens is 2. The van der Waals surface area contributed by atoms with Crippen LogP contribution in [0.5, 0.6) is 0 Å². The zero-order valence-electron chi connectivity index (χ0n) is 10.5. The zero-order valence-corrected chi connectivity index (χ0v) is 12.1. The summed E-state index contributed by atoms with van der Waals surface area (Å²) >= 11 is 2.80. The number of halogens is 1. The molecule has 1 heterocycles. The molecule has 1 aliphatic rings. The summed E-state index contributed by atoms with van der Waals surface area (Å²) in [6, 6.07) is 6.08. The first kappa shape index (κ1) is 13.5. The van der Waals surface area contributed by atoms with Gasteiger partial charge in [0.25, 0.3) is 0 Å². The van der Waals surface area contributed by atoms with Gasteiger partial charge >= 0.3 is 0 Å². The van der Waals surface area contributed by atoms with E-state index in [0.717, 1.165) is 9.90 Å². The summed E-state index contributed by atoms with van der Waals surface area (Å²) in [5.41, 5.74) is 0. The molecule has 1 aromatic carbocycles. The molecule has 1 amide bonds. The molecule has 0 atom stereocenters. The summed E-state index contributed by atoms with van der Waals surface area (Å²) in [6.07, 6.45) is 2.34. The predicted molar refractivity (Wildman–Crippen MR) is 77.6 cm³/mol. The monoisotopic (exact) mass is 309 g/mol. The summed E-state index contributed by atoms with van der Waals surface area (Å²) in [7, 11) is 0. The summed E-state index contributed by atoms with van der Waals surface area (Å²) in [4.78, 5) is 12.6. The van der Waals surface area contributed by atoms with E-state index in [1.807, 2.05) is 0 Å². The lowest BCUT2D eigenvalue weighted by atomic mass is 10.4. The second-order valence-electron chi connectivity index (χ2n) is 4.51. The molecule has 0 bridgehead atoms. The molecule has 4 nitrogen and oxygen atoms in total. The number of nitrogens with one attached hydrogen (secondary N) is 1. The maximum atomic E-state index is 12.7. The SMILES string of the molecule is O=C(CSc1ccc(F)cc1)Nc1nnc(C2CC2)s1. The third-order valence-electron chi connectivity index (χ3n) is 2.80. The molecule has 1 N–H and O–H groups in total. The Balaban J connectivity index is 1.49. The highest BCUT2D eigenvalue weighted by atomic mass is 32.2. The smallest absolute Gasteiger partial charge is 0.236 e. The van der Waals surface area contributed by atoms with Crippen LogP contribution in [0, 0.1) is 5.82 Å². The molecule has 0 saturated heterocycles. The molecule has 20 heavy (non-hydrogen) atoms. The Labute approximate surface area is 123 Å². The molecule has 2 aromatic rings. The minimum atomic E-state index is -0.278. The second-order valence-corrected chi connectivity index (χ2v) is 6.57. The highest BCUT2D eigenvalue weighted by Gasteiger charge is 2.27. The molecule has 1 aliphatic carbocycles. The third kappa shape index (κ3) is 3.55. The van der Waals surface area contributed by atoms with Crippen molar-refractivity contribution in [1.29, 1.82) is 0 Å². The van der Waals surface area contributed by atoms with Crippen molar-refractivity contribution in [1.82, 2.24) is 10.2 Å². The highest BCUT2D eigenvalue weighted by Crippen LogP contribution is 2.42. The van der Waals surface area contributed by atoms with Gasteiger partial charge in [0.15, 0.2) is 0 Å². The minimum absolute atomic E-state index is 0.127. The van der Waals surface area contributed by atoms with Crippen molar-refractivity contribution in [3.05, 3.63) is 35.1 Å². The first-order valence-corrected chi connectivity index (χ1v) is 8.02. The van der Waals surface area contributed by atoms with Crippen LogP contribution in [0.4, 0.5) is 9.52 Å². The second kappa shape index (κ2) is 5.88. The van der Waals surface area contributed by atoms with Crippen molar-refractivity contribution in [2.75, 3.05) is 11.1 Å². The fourth-order valence-electron chi connectivity index (χ4n) is 1.62. The molecule has 1 saturated carbocycles. The van der Waals surface area contributed by atoms with Crippen LogP contribution in [0.2, 0.25) is 0 Å². The minimum Gasteiger partial charge on any atom is -0.300 e. The van der Waals surface area contributed by atoms with Crippen LogP contribution in [0.15, 0.2) is 29.2 Å². The fraction of sp³-hybridized carbons (Fsp3) is 0.308. The van der Waals surface area contributed by atoms with E-state index in [2.05, 4.69) is 15.5 Å². The zero-order chi connectivity index (χ0) is 13.9. The van der Waals surface area contributed by atoms with Crippen molar-refractivity contribution in [2.24, 2.45) is 0 Å². The summed E-state index contributed by atoms with van der Waals surface area (Å²) in [6.45, 7) is 0. The standard InChI is InChI=1S/C13H12FN3OS2/c14-9-3-5-10(6-4-9)19-7-11(18)15-13-17-16-12(20-13)8-1-2-8/h3-6,8H,1-2,7H2,(H,15,17,18). The van der Waals surface area contributed by atoms with Crippen LogP contribution >= 0.6 is 23.1 Å². The number of carbonyl (C=O) groups excluding carboxylic acids is 1. The summed E-state index contributed by atoms with van der Waals surface area (Å²) < 4.78 is 12.7. The van der Waals surface area contributed by atoms with E-state index in [1.165, 1.54) is 48.1 Å². The Bertz CT molecular complexity index is 610. The average molecular weight is 309 g/mol. The Hall–Kier alpha value is -1.47. The van der Waals surface area contributed by atoms with E-state index < -0.39 is 0 Å². The van der Waals surface area contributed by atoms with Gasteiger partial charge in [-0.05, 0) is 37.1 Å². The molecule has 0 unspecified atom stereocenters. The van der Waals surface area contributed by atoms with E-state index in [-0.39, 0.29) is 17.5 Å². The molecular weight excluding hydrogens is 297 g/mol. The Morgan fingerprint density at radius 3 is 2.80 bits per heavy atom. The first-order chi connectivity index (χ1) is 9.70. The maximum Gasteiger partial charge on any atom is 0.236 e. The Morgan fingerprint density at radius 2 is 2.10 bits per heavy atom. The largest absolute Gasteiger partial charge is 0.300 e. The van der Waals surface area contributed by atoms with Gasteiger partial charge < -0.3 is 0 Å². The number of hydrogen-bond donors (Lipinski definition) is 1. The van der Waals surface area contributed by atoms with E-state index in [4.69, 9.17) is 0 Å². The van der Waals surface area contributed by atoms with E-state index in [0.29, 0.717) is 11.0 Å². The lowest BCUT2D eigenvalue weighted by Gasteiger charge is -2.01. The number of thioether (sulfide) groups is 1. The predicted octanol–water partition coefficient (Wildman–Crippen LogP) is 3.29. The van der Waals surface area contributed by atoms with E-state index in [1.54, 1.807) is 12.1 Å². The van der Waals surface area contributed by atoms with Crippen LogP contribution in [-0.2, 0) is 4.79 Å². The first-order valence-electron chi connectivity index (χ1n) is 6.22. The van der Waals surface area contributed by atoms with Crippen LogP contribution in [0.1, 0.15) is 23.8 Å². The van der Waals surface area contributed by atoms with Gasteiger partial charge in [0.1, 0.15) is 10.8 Å². The van der Waals surface area contributed by atoms with E-state index >= 15 is 0 Å². The molecule has 0 radical (unpaired) electrons. The van der Waals surface area contributed by atoms with Gasteiger partial charge in [0.05, 0.1) is 5.75 Å². The van der Waals surface area contributed by atoms with Crippen LogP contribution < -0.4 is 5.32 Å². The number of anilines is 1. The van der Waals surface area contributed by atoms with Gasteiger partial charge in [0, 0.05) is 10.8 Å². The molecule has 0 aliphatic heterocycles. The molecule has 7 heteroatoms. The number of amides is 1. The normalized spacial score (nSPS) is 14.2. The van der Waals surface area contributed by atoms with Crippen LogP contribution in [0.3, 0.4) is 0 Å². The topological polar surface area (TPSA) is 54.9 Å². The summed E-state index contributed by atoms with van der Waals surface area (Å²) in [5, 5.41) is 12.3. The Morgan fingerprint density at radius 1 is 1.35 bits per heavy atom.